The van der Waals surface area contributed by atoms with E-state index in [1.807, 2.05) is 47.1 Å². The van der Waals surface area contributed by atoms with Gasteiger partial charge in [-0.2, -0.15) is 5.10 Å². The van der Waals surface area contributed by atoms with Gasteiger partial charge in [0.25, 0.3) is 0 Å². The number of pyridine rings is 1. The molecule has 2 atom stereocenters. The van der Waals surface area contributed by atoms with Crippen molar-refractivity contribution in [3.63, 3.8) is 0 Å². The van der Waals surface area contributed by atoms with Crippen LogP contribution in [0.15, 0.2) is 73.3 Å². The zero-order chi connectivity index (χ0) is 22.4. The van der Waals surface area contributed by atoms with Crippen LogP contribution in [0.25, 0.3) is 5.52 Å². The van der Waals surface area contributed by atoms with Crippen LogP contribution in [-0.4, -0.2) is 41.2 Å². The molecule has 2 N–H and O–H groups in total. The summed E-state index contributed by atoms with van der Waals surface area (Å²) in [6.45, 7) is 2.79. The fourth-order valence-corrected chi connectivity index (χ4v) is 4.56. The van der Waals surface area contributed by atoms with Crippen LogP contribution in [0.4, 0.5) is 5.95 Å². The normalized spacial score (nSPS) is 16.7. The molecule has 0 radical (unpaired) electrons. The van der Waals surface area contributed by atoms with E-state index in [-0.39, 0.29) is 6.04 Å². The molecule has 0 aliphatic carbocycles. The van der Waals surface area contributed by atoms with Gasteiger partial charge in [-0.1, -0.05) is 36.4 Å². The maximum Gasteiger partial charge on any atom is 0.226 e. The molecule has 0 bridgehead atoms. The molecule has 0 saturated carbocycles. The summed E-state index contributed by atoms with van der Waals surface area (Å²) in [5, 5.41) is 15.8. The molecule has 1 unspecified atom stereocenters. The molecule has 164 valence electrons. The summed E-state index contributed by atoms with van der Waals surface area (Å²) >= 11 is 0. The average Bonchev–Trinajstić information content (AvgIpc) is 3.51. The Morgan fingerprint density at radius 3 is 2.82 bits per heavy atom. The SMILES string of the molecule is Cc1cccn2nc([C@@H]3c4nc[nH]c4CCN3c3nccc(C(O)c4ccccc4)n3)cc12. The highest BCUT2D eigenvalue weighted by atomic mass is 16.3. The Hall–Kier alpha value is -4.04. The molecule has 8 heteroatoms. The third-order valence-electron chi connectivity index (χ3n) is 6.25. The Morgan fingerprint density at radius 1 is 1.09 bits per heavy atom. The summed E-state index contributed by atoms with van der Waals surface area (Å²) in [7, 11) is 0. The van der Waals surface area contributed by atoms with E-state index in [0.717, 1.165) is 40.1 Å². The van der Waals surface area contributed by atoms with Gasteiger partial charge in [0.05, 0.1) is 28.9 Å². The van der Waals surface area contributed by atoms with E-state index >= 15 is 0 Å². The Balaban J connectivity index is 1.44. The van der Waals surface area contributed by atoms with Crippen LogP contribution < -0.4 is 4.90 Å². The number of hydrogen-bond acceptors (Lipinski definition) is 6. The van der Waals surface area contributed by atoms with E-state index in [1.165, 1.54) is 0 Å². The Bertz CT molecular complexity index is 1430. The number of rotatable bonds is 4. The van der Waals surface area contributed by atoms with Crippen LogP contribution in [-0.2, 0) is 6.42 Å². The van der Waals surface area contributed by atoms with Crippen molar-refractivity contribution < 1.29 is 5.11 Å². The fraction of sp³-hybridized carbons (Fsp3) is 0.200. The fourth-order valence-electron chi connectivity index (χ4n) is 4.56. The summed E-state index contributed by atoms with van der Waals surface area (Å²) in [6, 6.07) is 17.2. The average molecular weight is 438 g/mol. The number of aryl methyl sites for hydroxylation is 1. The standard InChI is InChI=1S/C25H23N7O/c1-16-6-5-12-32-21(16)14-20(30-32)23-22-18(27-15-28-22)10-13-31(23)25-26-11-9-19(29-25)24(33)17-7-3-2-4-8-17/h2-9,11-12,14-15,23-24,33H,10,13H2,1H3,(H,27,28)/t23-,24?/m1/s1. The number of aromatic amines is 1. The molecule has 4 aromatic heterocycles. The van der Waals surface area contributed by atoms with Crippen LogP contribution in [0, 0.1) is 6.92 Å². The van der Waals surface area contributed by atoms with Crippen LogP contribution >= 0.6 is 0 Å². The van der Waals surface area contributed by atoms with Gasteiger partial charge in [-0.25, -0.2) is 19.5 Å². The van der Waals surface area contributed by atoms with Crippen molar-refractivity contribution in [2.24, 2.45) is 0 Å². The zero-order valence-electron chi connectivity index (χ0n) is 18.1. The number of H-pyrrole nitrogens is 1. The highest BCUT2D eigenvalue weighted by Crippen LogP contribution is 2.36. The van der Waals surface area contributed by atoms with Crippen molar-refractivity contribution >= 4 is 11.5 Å². The number of nitrogens with one attached hydrogen (secondary N) is 1. The predicted octanol–water partition coefficient (Wildman–Crippen LogP) is 3.39. The van der Waals surface area contributed by atoms with E-state index in [0.29, 0.717) is 18.2 Å². The quantitative estimate of drug-likeness (QED) is 0.448. The minimum atomic E-state index is -0.824. The molecule has 6 rings (SSSR count). The van der Waals surface area contributed by atoms with E-state index < -0.39 is 6.10 Å². The summed E-state index contributed by atoms with van der Waals surface area (Å²) in [6.07, 6.45) is 5.37. The van der Waals surface area contributed by atoms with Crippen molar-refractivity contribution in [3.05, 3.63) is 107 Å². The Morgan fingerprint density at radius 2 is 1.97 bits per heavy atom. The van der Waals surface area contributed by atoms with Crippen LogP contribution in [0.5, 0.6) is 0 Å². The molecule has 1 aliphatic rings. The Labute approximate surface area is 190 Å². The molecule has 0 fully saturated rings. The summed E-state index contributed by atoms with van der Waals surface area (Å²) < 4.78 is 1.90. The first-order valence-electron chi connectivity index (χ1n) is 11.0. The topological polar surface area (TPSA) is 95.2 Å². The smallest absolute Gasteiger partial charge is 0.226 e. The third-order valence-corrected chi connectivity index (χ3v) is 6.25. The molecule has 0 spiro atoms. The number of aliphatic hydroxyl groups is 1. The highest BCUT2D eigenvalue weighted by molar-refractivity contribution is 5.57. The number of aliphatic hydroxyl groups excluding tert-OH is 1. The van der Waals surface area contributed by atoms with Crippen LogP contribution in [0.2, 0.25) is 0 Å². The van der Waals surface area contributed by atoms with Gasteiger partial charge in [-0.3, -0.25) is 0 Å². The summed E-state index contributed by atoms with van der Waals surface area (Å²) in [4.78, 5) is 19.4. The lowest BCUT2D eigenvalue weighted by Crippen LogP contribution is -2.38. The van der Waals surface area contributed by atoms with Gasteiger partial charge in [0.1, 0.15) is 12.1 Å². The summed E-state index contributed by atoms with van der Waals surface area (Å²) in [5.41, 5.74) is 6.49. The second-order valence-electron chi connectivity index (χ2n) is 8.30. The molecule has 0 saturated heterocycles. The monoisotopic (exact) mass is 437 g/mol. The van der Waals surface area contributed by atoms with Crippen molar-refractivity contribution in [2.75, 3.05) is 11.4 Å². The predicted molar refractivity (Wildman–Crippen MR) is 124 cm³/mol. The lowest BCUT2D eigenvalue weighted by atomic mass is 10.00. The number of nitrogens with zero attached hydrogens (tertiary/aromatic N) is 6. The molecule has 33 heavy (non-hydrogen) atoms. The number of anilines is 1. The second kappa shape index (κ2) is 7.83. The third kappa shape index (κ3) is 3.35. The van der Waals surface area contributed by atoms with Crippen molar-refractivity contribution in [2.45, 2.75) is 25.5 Å². The molecule has 5 heterocycles. The largest absolute Gasteiger partial charge is 0.382 e. The van der Waals surface area contributed by atoms with Gasteiger partial charge in [0, 0.05) is 31.1 Å². The number of fused-ring (bicyclic) bond motifs is 2. The van der Waals surface area contributed by atoms with Gasteiger partial charge in [-0.15, -0.1) is 0 Å². The zero-order valence-corrected chi connectivity index (χ0v) is 18.1. The van der Waals surface area contributed by atoms with E-state index in [1.54, 1.807) is 18.6 Å². The van der Waals surface area contributed by atoms with Crippen molar-refractivity contribution in [1.82, 2.24) is 29.5 Å². The molecular formula is C25H23N7O. The molecule has 5 aromatic rings. The van der Waals surface area contributed by atoms with Gasteiger partial charge in [-0.05, 0) is 36.2 Å². The van der Waals surface area contributed by atoms with Crippen LogP contribution in [0.3, 0.4) is 0 Å². The highest BCUT2D eigenvalue weighted by Gasteiger charge is 2.35. The number of imidazole rings is 1. The van der Waals surface area contributed by atoms with Crippen molar-refractivity contribution in [1.29, 1.82) is 0 Å². The first kappa shape index (κ1) is 19.6. The molecule has 0 amide bonds. The van der Waals surface area contributed by atoms with Gasteiger partial charge < -0.3 is 15.0 Å². The number of hydrogen-bond donors (Lipinski definition) is 2. The molecule has 1 aliphatic heterocycles. The van der Waals surface area contributed by atoms with Crippen molar-refractivity contribution in [3.8, 4) is 0 Å². The molecule has 8 nitrogen and oxygen atoms in total. The number of benzene rings is 1. The first-order chi connectivity index (χ1) is 16.2. The first-order valence-corrected chi connectivity index (χ1v) is 11.0. The van der Waals surface area contributed by atoms with Gasteiger partial charge in [0.2, 0.25) is 5.95 Å². The lowest BCUT2D eigenvalue weighted by molar-refractivity contribution is 0.215. The van der Waals surface area contributed by atoms with Gasteiger partial charge >= 0.3 is 0 Å². The maximum absolute atomic E-state index is 10.9. The summed E-state index contributed by atoms with van der Waals surface area (Å²) in [5.74, 6) is 0.551. The molecule has 1 aromatic carbocycles. The minimum Gasteiger partial charge on any atom is -0.382 e. The minimum absolute atomic E-state index is 0.233. The lowest BCUT2D eigenvalue weighted by Gasteiger charge is -2.34. The van der Waals surface area contributed by atoms with Crippen LogP contribution in [0.1, 0.15) is 46.0 Å². The maximum atomic E-state index is 10.9. The molecular weight excluding hydrogens is 414 g/mol. The van der Waals surface area contributed by atoms with Gasteiger partial charge in [0.15, 0.2) is 0 Å². The number of aromatic nitrogens is 6. The van der Waals surface area contributed by atoms with E-state index in [2.05, 4.69) is 38.9 Å². The Kier molecular flexibility index (Phi) is 4.66. The van der Waals surface area contributed by atoms with E-state index in [4.69, 9.17) is 10.1 Å². The van der Waals surface area contributed by atoms with E-state index in [9.17, 15) is 5.11 Å². The second-order valence-corrected chi connectivity index (χ2v) is 8.30.